The van der Waals surface area contributed by atoms with Crippen LogP contribution >= 0.6 is 0 Å². The van der Waals surface area contributed by atoms with Crippen LogP contribution in [-0.2, 0) is 7.05 Å². The number of likely N-dealkylation sites (N-methyl/N-ethyl adjacent to an activating group) is 1. The third kappa shape index (κ3) is 3.78. The van der Waals surface area contributed by atoms with Gasteiger partial charge >= 0.3 is 0 Å². The van der Waals surface area contributed by atoms with Crippen LogP contribution in [0.3, 0.4) is 0 Å². The van der Waals surface area contributed by atoms with Gasteiger partial charge in [-0.05, 0) is 14.0 Å². The van der Waals surface area contributed by atoms with Gasteiger partial charge in [-0.15, -0.1) is 0 Å². The van der Waals surface area contributed by atoms with Gasteiger partial charge in [0.25, 0.3) is 5.91 Å². The molecule has 1 aromatic heterocycles. The van der Waals surface area contributed by atoms with Crippen molar-refractivity contribution in [2.45, 2.75) is 13.0 Å². The lowest BCUT2D eigenvalue weighted by Crippen LogP contribution is -2.51. The zero-order valence-electron chi connectivity index (χ0n) is 12.0. The molecule has 0 unspecified atom stereocenters. The molecule has 106 valence electrons. The van der Waals surface area contributed by atoms with Crippen LogP contribution < -0.4 is 5.32 Å². The summed E-state index contributed by atoms with van der Waals surface area (Å²) in [5.74, 6) is -0.0958. The van der Waals surface area contributed by atoms with Crippen molar-refractivity contribution in [1.82, 2.24) is 24.7 Å². The van der Waals surface area contributed by atoms with Crippen LogP contribution in [0.4, 0.5) is 0 Å². The summed E-state index contributed by atoms with van der Waals surface area (Å²) >= 11 is 0. The number of amides is 1. The van der Waals surface area contributed by atoms with Crippen LogP contribution in [0.25, 0.3) is 0 Å². The highest BCUT2D eigenvalue weighted by molar-refractivity contribution is 5.92. The van der Waals surface area contributed by atoms with Crippen LogP contribution in [0.15, 0.2) is 12.5 Å². The van der Waals surface area contributed by atoms with Crippen molar-refractivity contribution < 1.29 is 4.79 Å². The number of carbonyl (C=O) groups is 1. The smallest absolute Gasteiger partial charge is 0.271 e. The summed E-state index contributed by atoms with van der Waals surface area (Å²) in [5, 5.41) is 2.95. The highest BCUT2D eigenvalue weighted by atomic mass is 16.1. The van der Waals surface area contributed by atoms with Crippen molar-refractivity contribution in [3.8, 4) is 0 Å². The van der Waals surface area contributed by atoms with Gasteiger partial charge in [-0.2, -0.15) is 0 Å². The fraction of sp³-hybridized carbons (Fsp3) is 0.692. The molecule has 1 atom stereocenters. The molecule has 6 nitrogen and oxygen atoms in total. The number of piperazine rings is 1. The molecular weight excluding hydrogens is 242 g/mol. The first kappa shape index (κ1) is 14.0. The van der Waals surface area contributed by atoms with Gasteiger partial charge in [-0.25, -0.2) is 4.98 Å². The van der Waals surface area contributed by atoms with Gasteiger partial charge in [-0.1, -0.05) is 0 Å². The number of carbonyl (C=O) groups excluding carboxylic acids is 1. The Morgan fingerprint density at radius 3 is 2.63 bits per heavy atom. The first-order valence-electron chi connectivity index (χ1n) is 6.75. The number of aryl methyl sites for hydroxylation is 1. The minimum Gasteiger partial charge on any atom is -0.349 e. The predicted molar refractivity (Wildman–Crippen MR) is 74.1 cm³/mol. The number of hydrogen-bond acceptors (Lipinski definition) is 4. The highest BCUT2D eigenvalue weighted by Gasteiger charge is 2.19. The fourth-order valence-corrected chi connectivity index (χ4v) is 2.25. The van der Waals surface area contributed by atoms with Crippen molar-refractivity contribution in [1.29, 1.82) is 0 Å². The molecule has 19 heavy (non-hydrogen) atoms. The van der Waals surface area contributed by atoms with Crippen LogP contribution in [0.1, 0.15) is 17.4 Å². The lowest BCUT2D eigenvalue weighted by atomic mass is 10.2. The first-order valence-corrected chi connectivity index (χ1v) is 6.75. The maximum absolute atomic E-state index is 11.9. The predicted octanol–water partition coefficient (Wildman–Crippen LogP) is -0.214. The Bertz CT molecular complexity index is 422. The van der Waals surface area contributed by atoms with Gasteiger partial charge in [0, 0.05) is 52.0 Å². The molecule has 1 aliphatic heterocycles. The molecule has 0 aliphatic carbocycles. The Labute approximate surface area is 114 Å². The molecule has 1 N–H and O–H groups in total. The molecule has 1 amide bonds. The zero-order chi connectivity index (χ0) is 13.8. The van der Waals surface area contributed by atoms with Gasteiger partial charge in [0.05, 0.1) is 6.33 Å². The van der Waals surface area contributed by atoms with Crippen LogP contribution in [0, 0.1) is 0 Å². The molecule has 2 rings (SSSR count). The van der Waals surface area contributed by atoms with Crippen LogP contribution in [-0.4, -0.2) is 71.1 Å². The van der Waals surface area contributed by atoms with Gasteiger partial charge in [0.2, 0.25) is 0 Å². The fourth-order valence-electron chi connectivity index (χ4n) is 2.25. The normalized spacial score (nSPS) is 19.3. The van der Waals surface area contributed by atoms with E-state index in [1.165, 1.54) is 0 Å². The molecule has 1 aliphatic rings. The molecule has 1 aromatic rings. The summed E-state index contributed by atoms with van der Waals surface area (Å²) in [5.41, 5.74) is 0.480. The molecule has 0 saturated carbocycles. The lowest BCUT2D eigenvalue weighted by Gasteiger charge is -2.36. The number of nitrogens with one attached hydrogen (secondary N) is 1. The van der Waals surface area contributed by atoms with Gasteiger partial charge in [0.15, 0.2) is 0 Å². The summed E-state index contributed by atoms with van der Waals surface area (Å²) in [6.45, 7) is 7.15. The molecule has 0 radical (unpaired) electrons. The van der Waals surface area contributed by atoms with Crippen molar-refractivity contribution in [3.05, 3.63) is 18.2 Å². The van der Waals surface area contributed by atoms with Gasteiger partial charge in [0.1, 0.15) is 5.69 Å². The van der Waals surface area contributed by atoms with Crippen LogP contribution in [0.5, 0.6) is 0 Å². The Morgan fingerprint density at radius 2 is 2.05 bits per heavy atom. The van der Waals surface area contributed by atoms with E-state index in [-0.39, 0.29) is 5.91 Å². The summed E-state index contributed by atoms with van der Waals surface area (Å²) in [6, 6.07) is 0.362. The van der Waals surface area contributed by atoms with Crippen molar-refractivity contribution in [3.63, 3.8) is 0 Å². The second-order valence-electron chi connectivity index (χ2n) is 5.32. The van der Waals surface area contributed by atoms with E-state index in [1.54, 1.807) is 17.1 Å². The van der Waals surface area contributed by atoms with E-state index in [0.717, 1.165) is 26.2 Å². The van der Waals surface area contributed by atoms with E-state index in [2.05, 4.69) is 34.1 Å². The standard InChI is InChI=1S/C13H23N5O/c1-11(18-6-4-16(2)5-7-18)8-14-13(19)12-9-17(3)10-15-12/h9-11H,4-8H2,1-3H3,(H,14,19)/t11-/m0/s1. The number of rotatable bonds is 4. The van der Waals surface area contributed by atoms with E-state index in [4.69, 9.17) is 0 Å². The lowest BCUT2D eigenvalue weighted by molar-refractivity contribution is 0.0899. The zero-order valence-corrected chi connectivity index (χ0v) is 12.0. The number of nitrogens with zero attached hydrogens (tertiary/aromatic N) is 4. The van der Waals surface area contributed by atoms with Crippen molar-refractivity contribution >= 4 is 5.91 Å². The van der Waals surface area contributed by atoms with Gasteiger partial charge in [-0.3, -0.25) is 9.69 Å². The molecular formula is C13H23N5O. The molecule has 0 aromatic carbocycles. The van der Waals surface area contributed by atoms with Crippen molar-refractivity contribution in [2.75, 3.05) is 39.8 Å². The summed E-state index contributed by atoms with van der Waals surface area (Å²) < 4.78 is 1.78. The third-order valence-electron chi connectivity index (χ3n) is 3.66. The quantitative estimate of drug-likeness (QED) is 0.818. The first-order chi connectivity index (χ1) is 9.06. The van der Waals surface area contributed by atoms with Crippen molar-refractivity contribution in [2.24, 2.45) is 7.05 Å². The van der Waals surface area contributed by atoms with E-state index < -0.39 is 0 Å². The number of imidazole rings is 1. The molecule has 1 fully saturated rings. The van der Waals surface area contributed by atoms with E-state index in [0.29, 0.717) is 18.3 Å². The maximum atomic E-state index is 11.9. The molecule has 0 bridgehead atoms. The minimum absolute atomic E-state index is 0.0958. The minimum atomic E-state index is -0.0958. The molecule has 1 saturated heterocycles. The molecule has 6 heteroatoms. The average Bonchev–Trinajstić information content (AvgIpc) is 2.83. The maximum Gasteiger partial charge on any atom is 0.271 e. The monoisotopic (exact) mass is 265 g/mol. The number of hydrogen-bond donors (Lipinski definition) is 1. The Morgan fingerprint density at radius 1 is 1.37 bits per heavy atom. The second kappa shape index (κ2) is 6.16. The summed E-state index contributed by atoms with van der Waals surface area (Å²) in [6.07, 6.45) is 3.37. The van der Waals surface area contributed by atoms with E-state index in [1.807, 2.05) is 7.05 Å². The largest absolute Gasteiger partial charge is 0.349 e. The Balaban J connectivity index is 1.77. The summed E-state index contributed by atoms with van der Waals surface area (Å²) in [7, 11) is 4.00. The number of aromatic nitrogens is 2. The molecule has 2 heterocycles. The van der Waals surface area contributed by atoms with Gasteiger partial charge < -0.3 is 14.8 Å². The third-order valence-corrected chi connectivity index (χ3v) is 3.66. The Hall–Kier alpha value is -1.40. The SMILES string of the molecule is C[C@@H](CNC(=O)c1cn(C)cn1)N1CCN(C)CC1. The average molecular weight is 265 g/mol. The second-order valence-corrected chi connectivity index (χ2v) is 5.32. The summed E-state index contributed by atoms with van der Waals surface area (Å²) in [4.78, 5) is 20.7. The van der Waals surface area contributed by atoms with E-state index >= 15 is 0 Å². The highest BCUT2D eigenvalue weighted by Crippen LogP contribution is 2.04. The van der Waals surface area contributed by atoms with E-state index in [9.17, 15) is 4.79 Å². The Kier molecular flexibility index (Phi) is 4.55. The topological polar surface area (TPSA) is 53.4 Å². The molecule has 0 spiro atoms. The van der Waals surface area contributed by atoms with Crippen LogP contribution in [0.2, 0.25) is 0 Å².